The Kier molecular flexibility index (Phi) is 6.61. The first kappa shape index (κ1) is 26.6. The van der Waals surface area contributed by atoms with Gasteiger partial charge in [-0.05, 0) is 41.3 Å². The lowest BCUT2D eigenvalue weighted by Crippen LogP contribution is -2.52. The van der Waals surface area contributed by atoms with Crippen LogP contribution in [0.2, 0.25) is 0 Å². The van der Waals surface area contributed by atoms with E-state index in [0.29, 0.717) is 28.0 Å². The molecule has 0 unspecified atom stereocenters. The highest BCUT2D eigenvalue weighted by Crippen LogP contribution is 2.80. The predicted molar refractivity (Wildman–Crippen MR) is 154 cm³/mol. The maximum atomic E-state index is 11.1. The first-order chi connectivity index (χ1) is 19.4. The largest absolute Gasteiger partial charge is 0.497 e. The van der Waals surface area contributed by atoms with E-state index in [4.69, 9.17) is 4.74 Å². The van der Waals surface area contributed by atoms with Crippen molar-refractivity contribution in [3.05, 3.63) is 137 Å². The molecular formula is C34H24N4OS. The summed E-state index contributed by atoms with van der Waals surface area (Å²) in [5.74, 6) is 0.606. The Balaban J connectivity index is 2.05. The van der Waals surface area contributed by atoms with Gasteiger partial charge in [0.2, 0.25) is 0 Å². The highest BCUT2D eigenvalue weighted by molar-refractivity contribution is 8.02. The molecule has 5 rings (SSSR count). The molecule has 1 heterocycles. The van der Waals surface area contributed by atoms with Crippen molar-refractivity contribution in [2.45, 2.75) is 16.4 Å². The third-order valence-corrected chi connectivity index (χ3v) is 10.1. The van der Waals surface area contributed by atoms with Gasteiger partial charge in [0.15, 0.2) is 10.8 Å². The molecule has 0 amide bonds. The molecule has 1 fully saturated rings. The summed E-state index contributed by atoms with van der Waals surface area (Å²) in [5.41, 5.74) is -0.691. The van der Waals surface area contributed by atoms with E-state index >= 15 is 0 Å². The molecule has 0 aromatic heterocycles. The highest BCUT2D eigenvalue weighted by Gasteiger charge is 2.83. The Morgan fingerprint density at radius 2 is 0.875 bits per heavy atom. The van der Waals surface area contributed by atoms with E-state index in [1.54, 1.807) is 19.2 Å². The molecule has 2 atom stereocenters. The third kappa shape index (κ3) is 3.25. The van der Waals surface area contributed by atoms with Crippen LogP contribution in [0.3, 0.4) is 0 Å². The molecule has 4 aromatic rings. The lowest BCUT2D eigenvalue weighted by molar-refractivity contribution is 0.237. The number of thioether (sulfide) groups is 1. The summed E-state index contributed by atoms with van der Waals surface area (Å²) >= 11 is 1.32. The van der Waals surface area contributed by atoms with E-state index in [0.717, 1.165) is 5.56 Å². The van der Waals surface area contributed by atoms with Crippen LogP contribution in [0.15, 0.2) is 109 Å². The van der Waals surface area contributed by atoms with Gasteiger partial charge in [0.25, 0.3) is 0 Å². The lowest BCUT2D eigenvalue weighted by Gasteiger charge is -2.40. The number of benzene rings is 4. The fourth-order valence-electron chi connectivity index (χ4n) is 6.01. The minimum Gasteiger partial charge on any atom is -0.497 e. The van der Waals surface area contributed by atoms with Crippen LogP contribution in [0.25, 0.3) is 0 Å². The zero-order valence-electron chi connectivity index (χ0n) is 22.0. The Hall–Kier alpha value is -5.01. The smallest absolute Gasteiger partial charge is 0.200 e. The summed E-state index contributed by atoms with van der Waals surface area (Å²) in [5, 5.41) is 44.5. The standard InChI is InChI=1S/C34H24N4OS/c1-25-13-15-28(16-14-25)33(26-9-5-3-6-10-26)31(21-35,22-36)32(23-37,24-38)34(40-33,27-11-7-4-8-12-27)29-17-19-30(39-2)20-18-29/h3-20H,1-2H3/t33-,34-/m0/s1. The van der Waals surface area contributed by atoms with Gasteiger partial charge in [-0.2, -0.15) is 21.0 Å². The van der Waals surface area contributed by atoms with Gasteiger partial charge in [0.1, 0.15) is 15.2 Å². The molecule has 0 saturated carbocycles. The van der Waals surface area contributed by atoms with Crippen molar-refractivity contribution in [2.24, 2.45) is 10.8 Å². The summed E-state index contributed by atoms with van der Waals surface area (Å²) in [6, 6.07) is 42.5. The Morgan fingerprint density at radius 3 is 1.23 bits per heavy atom. The molecule has 1 aliphatic heterocycles. The molecule has 192 valence electrons. The van der Waals surface area contributed by atoms with E-state index in [-0.39, 0.29) is 0 Å². The average molecular weight is 537 g/mol. The van der Waals surface area contributed by atoms with Crippen LogP contribution >= 0.6 is 11.8 Å². The second-order valence-electron chi connectivity index (χ2n) is 9.74. The predicted octanol–water partition coefficient (Wildman–Crippen LogP) is 7.00. The van der Waals surface area contributed by atoms with Crippen LogP contribution in [0.4, 0.5) is 0 Å². The molecule has 1 aliphatic rings. The van der Waals surface area contributed by atoms with Gasteiger partial charge >= 0.3 is 0 Å². The number of nitrogens with zero attached hydrogens (tertiary/aromatic N) is 4. The minimum absolute atomic E-state index is 0.606. The molecule has 0 radical (unpaired) electrons. The van der Waals surface area contributed by atoms with Crippen LogP contribution in [0, 0.1) is 63.1 Å². The van der Waals surface area contributed by atoms with Gasteiger partial charge in [-0.25, -0.2) is 0 Å². The monoisotopic (exact) mass is 536 g/mol. The van der Waals surface area contributed by atoms with Gasteiger partial charge in [0, 0.05) is 0 Å². The number of nitriles is 4. The van der Waals surface area contributed by atoms with Crippen molar-refractivity contribution in [3.8, 4) is 30.0 Å². The molecule has 0 aliphatic carbocycles. The van der Waals surface area contributed by atoms with Crippen LogP contribution in [-0.4, -0.2) is 7.11 Å². The molecule has 0 N–H and O–H groups in total. The topological polar surface area (TPSA) is 104 Å². The summed E-state index contributed by atoms with van der Waals surface area (Å²) in [6.45, 7) is 1.96. The summed E-state index contributed by atoms with van der Waals surface area (Å²) in [4.78, 5) is 0. The first-order valence-electron chi connectivity index (χ1n) is 12.6. The van der Waals surface area contributed by atoms with Crippen molar-refractivity contribution >= 4 is 11.8 Å². The van der Waals surface area contributed by atoms with Gasteiger partial charge in [-0.3, -0.25) is 0 Å². The third-order valence-electron chi connectivity index (χ3n) is 7.91. The quantitative estimate of drug-likeness (QED) is 0.272. The normalized spacial score (nSPS) is 22.1. The van der Waals surface area contributed by atoms with E-state index in [2.05, 4.69) is 24.3 Å². The number of methoxy groups -OCH3 is 1. The zero-order valence-corrected chi connectivity index (χ0v) is 22.8. The second kappa shape index (κ2) is 9.94. The highest BCUT2D eigenvalue weighted by atomic mass is 32.2. The van der Waals surface area contributed by atoms with E-state index in [1.165, 1.54) is 11.8 Å². The second-order valence-corrected chi connectivity index (χ2v) is 11.2. The molecule has 0 spiro atoms. The zero-order chi connectivity index (χ0) is 28.4. The number of hydrogen-bond donors (Lipinski definition) is 0. The maximum absolute atomic E-state index is 11.1. The Bertz CT molecular complexity index is 1680. The fraction of sp³-hybridized carbons (Fsp3) is 0.176. The summed E-state index contributed by atoms with van der Waals surface area (Å²) < 4.78 is 2.54. The molecule has 5 nitrogen and oxygen atoms in total. The van der Waals surface area contributed by atoms with Crippen molar-refractivity contribution in [1.82, 2.24) is 0 Å². The molecule has 4 aromatic carbocycles. The van der Waals surface area contributed by atoms with Crippen LogP contribution in [-0.2, 0) is 9.49 Å². The Morgan fingerprint density at radius 1 is 0.525 bits per heavy atom. The van der Waals surface area contributed by atoms with Crippen LogP contribution in [0.1, 0.15) is 27.8 Å². The van der Waals surface area contributed by atoms with Gasteiger partial charge < -0.3 is 4.74 Å². The van der Waals surface area contributed by atoms with Gasteiger partial charge in [-0.15, -0.1) is 11.8 Å². The maximum Gasteiger partial charge on any atom is 0.200 e. The van der Waals surface area contributed by atoms with E-state index in [9.17, 15) is 21.0 Å². The molecule has 40 heavy (non-hydrogen) atoms. The van der Waals surface area contributed by atoms with Crippen molar-refractivity contribution in [2.75, 3.05) is 7.11 Å². The molecular weight excluding hydrogens is 512 g/mol. The minimum atomic E-state index is -2.15. The van der Waals surface area contributed by atoms with E-state index < -0.39 is 20.3 Å². The SMILES string of the molecule is COc1ccc([C@]2(c3ccccc3)S[C@@](c3ccccc3)(c3ccc(C)cc3)C(C#N)(C#N)C2(C#N)C#N)cc1. The average Bonchev–Trinajstić information content (AvgIpc) is 3.27. The first-order valence-corrected chi connectivity index (χ1v) is 13.4. The number of hydrogen-bond acceptors (Lipinski definition) is 6. The van der Waals surface area contributed by atoms with Crippen molar-refractivity contribution in [1.29, 1.82) is 21.0 Å². The number of ether oxygens (including phenoxy) is 1. The summed E-state index contributed by atoms with van der Waals surface area (Å²) in [7, 11) is 1.56. The summed E-state index contributed by atoms with van der Waals surface area (Å²) in [6.07, 6.45) is 0. The van der Waals surface area contributed by atoms with Gasteiger partial charge in [0.05, 0.1) is 31.4 Å². The van der Waals surface area contributed by atoms with Gasteiger partial charge in [-0.1, -0.05) is 103 Å². The molecule has 0 bridgehead atoms. The molecule has 1 saturated heterocycles. The van der Waals surface area contributed by atoms with Crippen LogP contribution in [0.5, 0.6) is 5.75 Å². The van der Waals surface area contributed by atoms with Crippen LogP contribution < -0.4 is 4.74 Å². The molecule has 6 heteroatoms. The lowest BCUT2D eigenvalue weighted by atomic mass is 9.50. The Labute approximate surface area is 238 Å². The fourth-order valence-corrected chi connectivity index (χ4v) is 8.28. The van der Waals surface area contributed by atoms with E-state index in [1.807, 2.05) is 104 Å². The number of aryl methyl sites for hydroxylation is 1. The van der Waals surface area contributed by atoms with Crippen molar-refractivity contribution in [3.63, 3.8) is 0 Å². The van der Waals surface area contributed by atoms with Crippen molar-refractivity contribution < 1.29 is 4.74 Å². The number of rotatable bonds is 5.